The Morgan fingerprint density at radius 2 is 1.65 bits per heavy atom. The van der Waals surface area contributed by atoms with E-state index in [4.69, 9.17) is 9.62 Å². The number of fused-ring (bicyclic) bond motifs is 3. The van der Waals surface area contributed by atoms with Crippen molar-refractivity contribution in [2.45, 2.75) is 101 Å². The number of amides is 1. The monoisotopic (exact) mass is 581 g/mol. The lowest BCUT2D eigenvalue weighted by molar-refractivity contribution is -0.120. The van der Waals surface area contributed by atoms with E-state index in [0.717, 1.165) is 55.2 Å². The molecule has 0 radical (unpaired) electrons. The van der Waals surface area contributed by atoms with E-state index in [1.54, 1.807) is 0 Å². The van der Waals surface area contributed by atoms with Gasteiger partial charge in [-0.3, -0.25) is 9.48 Å². The minimum absolute atomic E-state index is 0.186. The summed E-state index contributed by atoms with van der Waals surface area (Å²) in [5.74, 6) is 3.00. The van der Waals surface area contributed by atoms with Crippen LogP contribution in [0.1, 0.15) is 112 Å². The van der Waals surface area contributed by atoms with Gasteiger partial charge < -0.3 is 14.3 Å². The summed E-state index contributed by atoms with van der Waals surface area (Å²) in [5, 5.41) is 9.36. The average molecular weight is 582 g/mol. The maximum atomic E-state index is 14.3. The van der Waals surface area contributed by atoms with Crippen molar-refractivity contribution in [1.82, 2.24) is 19.8 Å². The Labute approximate surface area is 256 Å². The van der Waals surface area contributed by atoms with Crippen LogP contribution in [0.2, 0.25) is 0 Å². The van der Waals surface area contributed by atoms with E-state index in [1.807, 2.05) is 0 Å². The summed E-state index contributed by atoms with van der Waals surface area (Å²) in [4.78, 5) is 18.8. The lowest BCUT2D eigenvalue weighted by Gasteiger charge is -2.54. The van der Waals surface area contributed by atoms with Crippen LogP contribution in [0.4, 0.5) is 5.69 Å². The topological polar surface area (TPSA) is 67.4 Å². The van der Waals surface area contributed by atoms with E-state index in [-0.39, 0.29) is 10.8 Å². The Bertz CT molecular complexity index is 1460. The predicted molar refractivity (Wildman–Crippen MR) is 168 cm³/mol. The van der Waals surface area contributed by atoms with Gasteiger partial charge in [-0.05, 0) is 127 Å². The summed E-state index contributed by atoms with van der Waals surface area (Å²) in [6, 6.07) is 13.1. The van der Waals surface area contributed by atoms with Crippen molar-refractivity contribution < 1.29 is 9.32 Å². The van der Waals surface area contributed by atoms with Gasteiger partial charge >= 0.3 is 0 Å². The maximum absolute atomic E-state index is 14.3. The normalized spacial score (nSPS) is 28.0. The van der Waals surface area contributed by atoms with Crippen LogP contribution in [0.25, 0.3) is 11.3 Å². The molecular formula is C36H47N5O2. The first-order valence-corrected chi connectivity index (χ1v) is 17.0. The molecule has 3 aromatic rings. The Balaban J connectivity index is 1.04. The molecule has 1 saturated heterocycles. The van der Waals surface area contributed by atoms with Crippen molar-refractivity contribution >= 4 is 11.6 Å². The number of anilines is 1. The molecule has 7 nitrogen and oxygen atoms in total. The van der Waals surface area contributed by atoms with E-state index in [2.05, 4.69) is 70.1 Å². The average Bonchev–Trinajstić information content (AvgIpc) is 3.98. The van der Waals surface area contributed by atoms with Gasteiger partial charge in [0, 0.05) is 60.3 Å². The third-order valence-electron chi connectivity index (χ3n) is 11.9. The zero-order valence-electron chi connectivity index (χ0n) is 26.1. The molecule has 2 aromatic heterocycles. The molecule has 1 aliphatic heterocycles. The van der Waals surface area contributed by atoms with Crippen LogP contribution in [-0.2, 0) is 17.3 Å². The third-order valence-corrected chi connectivity index (χ3v) is 11.9. The highest BCUT2D eigenvalue weighted by molar-refractivity contribution is 5.94. The van der Waals surface area contributed by atoms with Crippen LogP contribution >= 0.6 is 0 Å². The zero-order valence-corrected chi connectivity index (χ0v) is 26.1. The van der Waals surface area contributed by atoms with Crippen LogP contribution in [0, 0.1) is 11.3 Å². The number of carbonyl (C=O) groups excluding carboxylic acids is 1. The number of aryl methyl sites for hydroxylation is 1. The van der Waals surface area contributed by atoms with Crippen LogP contribution < -0.4 is 4.90 Å². The largest absolute Gasteiger partial charge is 0.360 e. The van der Waals surface area contributed by atoms with Gasteiger partial charge in [0.15, 0.2) is 0 Å². The van der Waals surface area contributed by atoms with Gasteiger partial charge in [-0.25, -0.2) is 0 Å². The predicted octanol–water partition coefficient (Wildman–Crippen LogP) is 7.19. The first-order chi connectivity index (χ1) is 20.9. The molecule has 5 aliphatic carbocycles. The van der Waals surface area contributed by atoms with E-state index < -0.39 is 0 Å². The smallest absolute Gasteiger partial charge is 0.227 e. The fourth-order valence-electron chi connectivity index (χ4n) is 8.55. The maximum Gasteiger partial charge on any atom is 0.227 e. The van der Waals surface area contributed by atoms with E-state index in [1.165, 1.54) is 75.6 Å². The molecule has 0 unspecified atom stereocenters. The van der Waals surface area contributed by atoms with Gasteiger partial charge in [-0.1, -0.05) is 17.3 Å². The SMILES string of the molecule is CN1CCC(CC(=O)N(CC23CCC(c4cc(C5CC5)nn4C)(CC2)CC3)c2cccc(-c3cc(C4CC4)on3)c2)CC1. The van der Waals surface area contributed by atoms with Crippen molar-refractivity contribution in [2.75, 3.05) is 31.6 Å². The number of piperidine rings is 1. The van der Waals surface area contributed by atoms with Crippen LogP contribution in [0.15, 0.2) is 40.9 Å². The number of rotatable bonds is 9. The van der Waals surface area contributed by atoms with Gasteiger partial charge in [-0.15, -0.1) is 0 Å². The van der Waals surface area contributed by atoms with E-state index in [9.17, 15) is 4.79 Å². The Morgan fingerprint density at radius 3 is 2.35 bits per heavy atom. The molecule has 0 spiro atoms. The fraction of sp³-hybridized carbons (Fsp3) is 0.639. The quantitative estimate of drug-likeness (QED) is 0.268. The lowest BCUT2D eigenvalue weighted by atomic mass is 9.52. The number of aromatic nitrogens is 3. The van der Waals surface area contributed by atoms with Gasteiger partial charge in [0.25, 0.3) is 0 Å². The minimum Gasteiger partial charge on any atom is -0.360 e. The second-order valence-corrected chi connectivity index (χ2v) is 15.0. The van der Waals surface area contributed by atoms with Crippen molar-refractivity contribution in [3.05, 3.63) is 53.5 Å². The Kier molecular flexibility index (Phi) is 6.81. The number of likely N-dealkylation sites (tertiary alicyclic amines) is 1. The Hall–Kier alpha value is -2.93. The molecule has 0 N–H and O–H groups in total. The molecule has 228 valence electrons. The molecule has 1 amide bonds. The summed E-state index contributed by atoms with van der Waals surface area (Å²) in [6.07, 6.45) is 15.0. The van der Waals surface area contributed by atoms with E-state index in [0.29, 0.717) is 30.1 Å². The van der Waals surface area contributed by atoms with Crippen LogP contribution in [0.5, 0.6) is 0 Å². The third kappa shape index (κ3) is 5.36. The van der Waals surface area contributed by atoms with Gasteiger partial charge in [0.05, 0.1) is 5.69 Å². The van der Waals surface area contributed by atoms with Gasteiger partial charge in [0.1, 0.15) is 11.5 Å². The second-order valence-electron chi connectivity index (χ2n) is 15.0. The highest BCUT2D eigenvalue weighted by Crippen LogP contribution is 2.58. The standard InChI is InChI=1S/C36H47N5O2/c1-39-18-10-25(11-19-39)20-34(42)41(29-5-3-4-28(21-29)31-22-32(43-38-31)27-8-9-27)24-35-12-15-36(16-13-35,17-14-35)33-23-30(26-6-7-26)37-40(33)2/h3-5,21-23,25-27H,6-20,24H2,1-2H3. The Morgan fingerprint density at radius 1 is 0.930 bits per heavy atom. The number of carbonyl (C=O) groups is 1. The molecule has 1 aromatic carbocycles. The van der Waals surface area contributed by atoms with Gasteiger partial charge in [0.2, 0.25) is 5.91 Å². The number of hydrogen-bond acceptors (Lipinski definition) is 5. The van der Waals surface area contributed by atoms with Crippen molar-refractivity contribution in [2.24, 2.45) is 18.4 Å². The molecular weight excluding hydrogens is 534 g/mol. The highest BCUT2D eigenvalue weighted by atomic mass is 16.5. The first kappa shape index (κ1) is 27.6. The number of hydrogen-bond donors (Lipinski definition) is 0. The molecule has 43 heavy (non-hydrogen) atoms. The second kappa shape index (κ2) is 10.6. The van der Waals surface area contributed by atoms with Crippen molar-refractivity contribution in [1.29, 1.82) is 0 Å². The minimum atomic E-state index is 0.186. The summed E-state index contributed by atoms with van der Waals surface area (Å²) in [6.45, 7) is 3.00. The highest BCUT2D eigenvalue weighted by Gasteiger charge is 2.51. The van der Waals surface area contributed by atoms with Crippen molar-refractivity contribution in [3.8, 4) is 11.3 Å². The molecule has 3 heterocycles. The fourth-order valence-corrected chi connectivity index (χ4v) is 8.55. The first-order valence-electron chi connectivity index (χ1n) is 17.0. The summed E-state index contributed by atoms with van der Waals surface area (Å²) < 4.78 is 7.89. The lowest BCUT2D eigenvalue weighted by Crippen LogP contribution is -2.51. The molecule has 9 rings (SSSR count). The molecule has 5 saturated carbocycles. The van der Waals surface area contributed by atoms with Crippen LogP contribution in [-0.4, -0.2) is 52.4 Å². The summed E-state index contributed by atoms with van der Waals surface area (Å²) >= 11 is 0. The summed E-state index contributed by atoms with van der Waals surface area (Å²) in [7, 11) is 4.35. The van der Waals surface area contributed by atoms with Gasteiger partial charge in [-0.2, -0.15) is 5.10 Å². The number of benzene rings is 1. The molecule has 7 heteroatoms. The molecule has 2 bridgehead atoms. The summed E-state index contributed by atoms with van der Waals surface area (Å²) in [5.41, 5.74) is 6.16. The molecule has 6 aliphatic rings. The van der Waals surface area contributed by atoms with Crippen LogP contribution in [0.3, 0.4) is 0 Å². The van der Waals surface area contributed by atoms with Crippen molar-refractivity contribution in [3.63, 3.8) is 0 Å². The number of nitrogens with zero attached hydrogens (tertiary/aromatic N) is 5. The molecule has 0 atom stereocenters. The van der Waals surface area contributed by atoms with E-state index >= 15 is 0 Å². The molecule has 6 fully saturated rings. The zero-order chi connectivity index (χ0) is 29.2.